The Kier molecular flexibility index (Phi) is 8.47. The van der Waals surface area contributed by atoms with Crippen molar-refractivity contribution in [1.82, 2.24) is 15.1 Å². The van der Waals surface area contributed by atoms with Gasteiger partial charge in [-0.3, -0.25) is 4.90 Å². The van der Waals surface area contributed by atoms with Crippen LogP contribution in [0.1, 0.15) is 13.3 Å². The predicted octanol–water partition coefficient (Wildman–Crippen LogP) is 1.16. The summed E-state index contributed by atoms with van der Waals surface area (Å²) in [6.07, 6.45) is 3.06. The monoisotopic (exact) mass is 394 g/mol. The number of morpholine rings is 1. The van der Waals surface area contributed by atoms with Gasteiger partial charge in [0.25, 0.3) is 0 Å². The Morgan fingerprint density at radius 1 is 1.40 bits per heavy atom. The third-order valence-corrected chi connectivity index (χ3v) is 3.73. The van der Waals surface area contributed by atoms with Gasteiger partial charge in [-0.05, 0) is 13.3 Å². The molecule has 1 N–H and O–H groups in total. The zero-order valence-electron chi connectivity index (χ0n) is 12.4. The highest BCUT2D eigenvalue weighted by Crippen LogP contribution is 2.17. The first-order valence-corrected chi connectivity index (χ1v) is 7.31. The molecule has 0 aromatic heterocycles. The van der Waals surface area contributed by atoms with Crippen molar-refractivity contribution in [2.24, 2.45) is 4.99 Å². The van der Waals surface area contributed by atoms with Gasteiger partial charge in [0.1, 0.15) is 0 Å². The van der Waals surface area contributed by atoms with Gasteiger partial charge >= 0.3 is 0 Å². The average molecular weight is 394 g/mol. The Morgan fingerprint density at radius 2 is 2.15 bits per heavy atom. The van der Waals surface area contributed by atoms with Crippen molar-refractivity contribution < 1.29 is 4.74 Å². The Bertz CT molecular complexity index is 318. The highest BCUT2D eigenvalue weighted by atomic mass is 127. The van der Waals surface area contributed by atoms with Gasteiger partial charge < -0.3 is 15.0 Å². The highest BCUT2D eigenvalue weighted by Gasteiger charge is 2.30. The Labute approximate surface area is 139 Å². The molecule has 1 unspecified atom stereocenters. The number of rotatable bonds is 4. The van der Waals surface area contributed by atoms with E-state index in [1.807, 2.05) is 6.08 Å². The van der Waals surface area contributed by atoms with Gasteiger partial charge in [-0.1, -0.05) is 6.08 Å². The molecule has 0 radical (unpaired) electrons. The molecule has 116 valence electrons. The van der Waals surface area contributed by atoms with Crippen LogP contribution >= 0.6 is 24.0 Å². The van der Waals surface area contributed by atoms with Crippen molar-refractivity contribution >= 4 is 29.9 Å². The number of guanidine groups is 1. The van der Waals surface area contributed by atoms with E-state index in [1.54, 1.807) is 0 Å². The summed E-state index contributed by atoms with van der Waals surface area (Å²) in [4.78, 5) is 9.49. The molecule has 2 aliphatic heterocycles. The fourth-order valence-corrected chi connectivity index (χ4v) is 2.75. The minimum absolute atomic E-state index is 0. The van der Waals surface area contributed by atoms with Crippen LogP contribution in [0.4, 0.5) is 0 Å². The molecule has 0 bridgehead atoms. The molecular formula is C14H27IN4O. The topological polar surface area (TPSA) is 40.1 Å². The van der Waals surface area contributed by atoms with Crippen molar-refractivity contribution in [1.29, 1.82) is 0 Å². The highest BCUT2D eigenvalue weighted by molar-refractivity contribution is 14.0. The molecule has 2 fully saturated rings. The lowest BCUT2D eigenvalue weighted by atomic mass is 10.2. The smallest absolute Gasteiger partial charge is 0.194 e. The van der Waals surface area contributed by atoms with E-state index in [9.17, 15) is 0 Å². The summed E-state index contributed by atoms with van der Waals surface area (Å²) < 4.78 is 5.42. The normalized spacial score (nSPS) is 24.4. The number of nitrogens with one attached hydrogen (secondary N) is 1. The molecule has 6 heteroatoms. The fraction of sp³-hybridized carbons (Fsp3) is 0.786. The van der Waals surface area contributed by atoms with Crippen LogP contribution in [0.15, 0.2) is 17.6 Å². The largest absolute Gasteiger partial charge is 0.379 e. The van der Waals surface area contributed by atoms with Crippen molar-refractivity contribution in [3.8, 4) is 0 Å². The van der Waals surface area contributed by atoms with Gasteiger partial charge in [0, 0.05) is 38.8 Å². The molecule has 0 aliphatic carbocycles. The standard InChI is InChI=1S/C14H26N4O.HI/c1-3-6-16-14(15-4-2)18-7-5-13(12-18)17-8-10-19-11-9-17;/h3,13H,1,4-12H2,2H3,(H,15,16);1H. The quantitative estimate of drug-likeness (QED) is 0.336. The minimum atomic E-state index is 0. The molecule has 2 rings (SSSR count). The summed E-state index contributed by atoms with van der Waals surface area (Å²) in [5.74, 6) is 1.03. The summed E-state index contributed by atoms with van der Waals surface area (Å²) in [5, 5.41) is 3.37. The van der Waals surface area contributed by atoms with E-state index in [0.29, 0.717) is 12.6 Å². The maximum atomic E-state index is 5.42. The van der Waals surface area contributed by atoms with Crippen molar-refractivity contribution in [2.75, 3.05) is 52.5 Å². The van der Waals surface area contributed by atoms with E-state index in [2.05, 4.69) is 33.6 Å². The third-order valence-electron chi connectivity index (χ3n) is 3.73. The Balaban J connectivity index is 0.00000200. The van der Waals surface area contributed by atoms with Gasteiger partial charge in [0.05, 0.1) is 19.8 Å². The van der Waals surface area contributed by atoms with E-state index in [0.717, 1.165) is 51.9 Å². The van der Waals surface area contributed by atoms with Crippen molar-refractivity contribution in [3.63, 3.8) is 0 Å². The van der Waals surface area contributed by atoms with E-state index >= 15 is 0 Å². The molecular weight excluding hydrogens is 367 g/mol. The molecule has 0 aromatic carbocycles. The summed E-state index contributed by atoms with van der Waals surface area (Å²) in [6.45, 7) is 13.5. The maximum absolute atomic E-state index is 5.42. The van der Waals surface area contributed by atoms with Gasteiger partial charge in [-0.15, -0.1) is 30.6 Å². The molecule has 2 aliphatic rings. The van der Waals surface area contributed by atoms with Crippen LogP contribution in [0, 0.1) is 0 Å². The van der Waals surface area contributed by atoms with Crippen LogP contribution in [0.25, 0.3) is 0 Å². The second-order valence-electron chi connectivity index (χ2n) is 5.02. The second-order valence-corrected chi connectivity index (χ2v) is 5.02. The van der Waals surface area contributed by atoms with Crippen LogP contribution in [0.2, 0.25) is 0 Å². The lowest BCUT2D eigenvalue weighted by Crippen LogP contribution is -2.46. The zero-order valence-corrected chi connectivity index (χ0v) is 14.7. The molecule has 5 nitrogen and oxygen atoms in total. The van der Waals surface area contributed by atoms with E-state index in [-0.39, 0.29) is 24.0 Å². The zero-order chi connectivity index (χ0) is 13.5. The molecule has 0 spiro atoms. The maximum Gasteiger partial charge on any atom is 0.194 e. The Morgan fingerprint density at radius 3 is 2.80 bits per heavy atom. The molecule has 0 amide bonds. The number of hydrogen-bond acceptors (Lipinski definition) is 3. The second kappa shape index (κ2) is 9.57. The van der Waals surface area contributed by atoms with Crippen molar-refractivity contribution in [2.45, 2.75) is 19.4 Å². The predicted molar refractivity (Wildman–Crippen MR) is 94.0 cm³/mol. The lowest BCUT2D eigenvalue weighted by Gasteiger charge is -2.32. The van der Waals surface area contributed by atoms with Crippen LogP contribution in [0.5, 0.6) is 0 Å². The van der Waals surface area contributed by atoms with Crippen LogP contribution in [-0.4, -0.2) is 74.3 Å². The molecule has 2 heterocycles. The SMILES string of the molecule is C=CCN=C(NCC)N1CCC(N2CCOCC2)C1.I. The number of ether oxygens (including phenoxy) is 1. The first-order valence-electron chi connectivity index (χ1n) is 7.31. The minimum Gasteiger partial charge on any atom is -0.379 e. The number of likely N-dealkylation sites (tertiary alicyclic amines) is 1. The van der Waals surface area contributed by atoms with E-state index in [4.69, 9.17) is 4.74 Å². The van der Waals surface area contributed by atoms with Crippen molar-refractivity contribution in [3.05, 3.63) is 12.7 Å². The number of halogens is 1. The van der Waals surface area contributed by atoms with Gasteiger partial charge in [-0.2, -0.15) is 0 Å². The first kappa shape index (κ1) is 17.7. The third kappa shape index (κ3) is 4.89. The molecule has 1 atom stereocenters. The number of aliphatic imine (C=N–C) groups is 1. The van der Waals surface area contributed by atoms with E-state index < -0.39 is 0 Å². The fourth-order valence-electron chi connectivity index (χ4n) is 2.75. The number of nitrogens with zero attached hydrogens (tertiary/aromatic N) is 3. The molecule has 2 saturated heterocycles. The van der Waals surface area contributed by atoms with Crippen LogP contribution < -0.4 is 5.32 Å². The van der Waals surface area contributed by atoms with Gasteiger partial charge in [0.15, 0.2) is 5.96 Å². The lowest BCUT2D eigenvalue weighted by molar-refractivity contribution is 0.0195. The van der Waals surface area contributed by atoms with Gasteiger partial charge in [-0.25, -0.2) is 4.99 Å². The average Bonchev–Trinajstić information content (AvgIpc) is 2.94. The summed E-state index contributed by atoms with van der Waals surface area (Å²) in [7, 11) is 0. The number of hydrogen-bond donors (Lipinski definition) is 1. The summed E-state index contributed by atoms with van der Waals surface area (Å²) >= 11 is 0. The first-order chi connectivity index (χ1) is 9.35. The Hall–Kier alpha value is -0.340. The van der Waals surface area contributed by atoms with Gasteiger partial charge in [0.2, 0.25) is 0 Å². The van der Waals surface area contributed by atoms with E-state index in [1.165, 1.54) is 6.42 Å². The van der Waals surface area contributed by atoms with Crippen LogP contribution in [0.3, 0.4) is 0 Å². The molecule has 20 heavy (non-hydrogen) atoms. The van der Waals surface area contributed by atoms with Crippen LogP contribution in [-0.2, 0) is 4.74 Å². The summed E-state index contributed by atoms with van der Waals surface area (Å²) in [5.41, 5.74) is 0. The molecule has 0 saturated carbocycles. The molecule has 0 aromatic rings. The summed E-state index contributed by atoms with van der Waals surface area (Å²) in [6, 6.07) is 0.650.